The number of unbranched alkanes of at least 4 members (excludes halogenated alkanes) is 1. The van der Waals surface area contributed by atoms with Crippen molar-refractivity contribution in [2.75, 3.05) is 20.3 Å². The number of hydrogen-bond acceptors (Lipinski definition) is 4. The summed E-state index contributed by atoms with van der Waals surface area (Å²) in [5.74, 6) is 1.53. The number of halogens is 1. The quantitative estimate of drug-likeness (QED) is 0.675. The summed E-state index contributed by atoms with van der Waals surface area (Å²) >= 11 is 3.49. The molecule has 0 bridgehead atoms. The maximum Gasteiger partial charge on any atom is 0.166 e. The van der Waals surface area contributed by atoms with E-state index in [0.29, 0.717) is 6.54 Å². The summed E-state index contributed by atoms with van der Waals surface area (Å²) in [7, 11) is 1.65. The maximum atomic E-state index is 8.76. The van der Waals surface area contributed by atoms with Gasteiger partial charge < -0.3 is 19.9 Å². The number of methoxy groups -OCH3 is 1. The zero-order valence-electron chi connectivity index (χ0n) is 12.4. The Morgan fingerprint density at radius 1 is 1.30 bits per heavy atom. The molecule has 0 radical (unpaired) electrons. The van der Waals surface area contributed by atoms with Crippen LogP contribution in [-0.2, 0) is 6.54 Å². The minimum Gasteiger partial charge on any atom is -0.493 e. The first kappa shape index (κ1) is 17.3. The molecule has 1 aromatic carbocycles. The van der Waals surface area contributed by atoms with E-state index in [9.17, 15) is 0 Å². The van der Waals surface area contributed by atoms with Crippen LogP contribution < -0.4 is 14.8 Å². The maximum absolute atomic E-state index is 8.76. The van der Waals surface area contributed by atoms with Gasteiger partial charge in [-0.1, -0.05) is 15.9 Å². The van der Waals surface area contributed by atoms with E-state index >= 15 is 0 Å². The van der Waals surface area contributed by atoms with Crippen molar-refractivity contribution in [3.8, 4) is 11.5 Å². The van der Waals surface area contributed by atoms with Crippen LogP contribution >= 0.6 is 15.9 Å². The minimum atomic E-state index is 0.0956. The zero-order valence-corrected chi connectivity index (χ0v) is 14.0. The number of benzene rings is 1. The van der Waals surface area contributed by atoms with E-state index in [1.54, 1.807) is 7.11 Å². The van der Waals surface area contributed by atoms with E-state index in [0.717, 1.165) is 40.9 Å². The van der Waals surface area contributed by atoms with Gasteiger partial charge >= 0.3 is 0 Å². The van der Waals surface area contributed by atoms with Crippen molar-refractivity contribution in [2.24, 2.45) is 0 Å². The molecular weight excluding hydrogens is 322 g/mol. The Kier molecular flexibility index (Phi) is 7.95. The summed E-state index contributed by atoms with van der Waals surface area (Å²) in [5, 5.41) is 12.1. The van der Waals surface area contributed by atoms with Crippen molar-refractivity contribution in [3.63, 3.8) is 0 Å². The molecule has 0 atom stereocenters. The van der Waals surface area contributed by atoms with Crippen molar-refractivity contribution in [3.05, 3.63) is 22.2 Å². The fourth-order valence-electron chi connectivity index (χ4n) is 1.86. The normalized spacial score (nSPS) is 10.9. The lowest BCUT2D eigenvalue weighted by Crippen LogP contribution is -2.17. The molecule has 2 N–H and O–H groups in total. The predicted octanol–water partition coefficient (Wildman–Crippen LogP) is 3.11. The van der Waals surface area contributed by atoms with Gasteiger partial charge in [-0.2, -0.15) is 0 Å². The van der Waals surface area contributed by atoms with Crippen molar-refractivity contribution in [1.82, 2.24) is 5.32 Å². The highest BCUT2D eigenvalue weighted by atomic mass is 79.9. The molecule has 0 fully saturated rings. The number of aliphatic hydroxyl groups is 1. The van der Waals surface area contributed by atoms with Gasteiger partial charge in [0.05, 0.1) is 13.2 Å². The molecule has 0 aromatic heterocycles. The van der Waals surface area contributed by atoms with Gasteiger partial charge in [0, 0.05) is 23.2 Å². The summed E-state index contributed by atoms with van der Waals surface area (Å²) in [6.07, 6.45) is 1.88. The molecule has 5 heteroatoms. The second kappa shape index (κ2) is 9.21. The molecule has 1 aromatic rings. The average molecular weight is 346 g/mol. The van der Waals surface area contributed by atoms with E-state index in [-0.39, 0.29) is 12.7 Å². The van der Waals surface area contributed by atoms with Gasteiger partial charge in [-0.3, -0.25) is 0 Å². The molecule has 1 rings (SSSR count). The van der Waals surface area contributed by atoms with Crippen LogP contribution in [0.4, 0.5) is 0 Å². The number of rotatable bonds is 9. The molecule has 114 valence electrons. The monoisotopic (exact) mass is 345 g/mol. The molecule has 0 amide bonds. The van der Waals surface area contributed by atoms with E-state index in [1.165, 1.54) is 0 Å². The van der Waals surface area contributed by atoms with Crippen LogP contribution in [0.5, 0.6) is 11.5 Å². The van der Waals surface area contributed by atoms with Crippen LogP contribution in [0.3, 0.4) is 0 Å². The lowest BCUT2D eigenvalue weighted by atomic mass is 10.1. The Bertz CT molecular complexity index is 410. The van der Waals surface area contributed by atoms with Crippen LogP contribution in [-0.4, -0.2) is 31.5 Å². The summed E-state index contributed by atoms with van der Waals surface area (Å²) in [4.78, 5) is 0. The van der Waals surface area contributed by atoms with Gasteiger partial charge in [0.15, 0.2) is 11.5 Å². The molecule has 0 spiro atoms. The Labute approximate surface area is 129 Å². The summed E-state index contributed by atoms with van der Waals surface area (Å²) < 4.78 is 12.2. The summed E-state index contributed by atoms with van der Waals surface area (Å²) in [6, 6.07) is 3.95. The van der Waals surface area contributed by atoms with Crippen molar-refractivity contribution in [1.29, 1.82) is 0 Å². The molecule has 0 saturated heterocycles. The fourth-order valence-corrected chi connectivity index (χ4v) is 2.34. The molecule has 0 aliphatic rings. The number of nitrogens with one attached hydrogen (secondary N) is 1. The van der Waals surface area contributed by atoms with Crippen LogP contribution in [0.25, 0.3) is 0 Å². The largest absolute Gasteiger partial charge is 0.493 e. The van der Waals surface area contributed by atoms with E-state index in [4.69, 9.17) is 14.6 Å². The first-order chi connectivity index (χ1) is 9.58. The molecule has 0 aliphatic carbocycles. The predicted molar refractivity (Wildman–Crippen MR) is 84.5 cm³/mol. The smallest absolute Gasteiger partial charge is 0.166 e. The third kappa shape index (κ3) is 5.69. The Morgan fingerprint density at radius 2 is 2.05 bits per heavy atom. The SMILES string of the molecule is COc1cc(Br)cc(CNCCCCO)c1OC(C)C. The van der Waals surface area contributed by atoms with Crippen LogP contribution in [0.1, 0.15) is 32.3 Å². The molecular formula is C15H24BrNO3. The van der Waals surface area contributed by atoms with E-state index in [1.807, 2.05) is 26.0 Å². The number of aliphatic hydroxyl groups excluding tert-OH is 1. The third-order valence-electron chi connectivity index (χ3n) is 2.75. The van der Waals surface area contributed by atoms with Crippen LogP contribution in [0.15, 0.2) is 16.6 Å². The van der Waals surface area contributed by atoms with Crippen LogP contribution in [0.2, 0.25) is 0 Å². The molecule has 0 aliphatic heterocycles. The van der Waals surface area contributed by atoms with Gasteiger partial charge in [-0.15, -0.1) is 0 Å². The molecule has 0 saturated carbocycles. The second-order valence-electron chi connectivity index (χ2n) is 4.87. The Morgan fingerprint density at radius 3 is 2.65 bits per heavy atom. The zero-order chi connectivity index (χ0) is 15.0. The lowest BCUT2D eigenvalue weighted by Gasteiger charge is -2.18. The lowest BCUT2D eigenvalue weighted by molar-refractivity contribution is 0.227. The number of ether oxygens (including phenoxy) is 2. The van der Waals surface area contributed by atoms with Gasteiger partial charge in [-0.05, 0) is 45.4 Å². The highest BCUT2D eigenvalue weighted by Crippen LogP contribution is 2.35. The first-order valence-corrected chi connectivity index (χ1v) is 7.72. The molecule has 20 heavy (non-hydrogen) atoms. The first-order valence-electron chi connectivity index (χ1n) is 6.93. The minimum absolute atomic E-state index is 0.0956. The summed E-state index contributed by atoms with van der Waals surface area (Å²) in [5.41, 5.74) is 1.06. The van der Waals surface area contributed by atoms with Gasteiger partial charge in [0.25, 0.3) is 0 Å². The van der Waals surface area contributed by atoms with Crippen LogP contribution in [0, 0.1) is 0 Å². The topological polar surface area (TPSA) is 50.7 Å². The standard InChI is InChI=1S/C15H24BrNO3/c1-11(2)20-15-12(10-17-6-4-5-7-18)8-13(16)9-14(15)19-3/h8-9,11,17-18H,4-7,10H2,1-3H3. The third-order valence-corrected chi connectivity index (χ3v) is 3.20. The highest BCUT2D eigenvalue weighted by Gasteiger charge is 2.13. The molecule has 0 unspecified atom stereocenters. The Balaban J connectivity index is 2.78. The average Bonchev–Trinajstić information content (AvgIpc) is 2.40. The number of hydrogen-bond donors (Lipinski definition) is 2. The highest BCUT2D eigenvalue weighted by molar-refractivity contribution is 9.10. The van der Waals surface area contributed by atoms with Gasteiger partial charge in [0.2, 0.25) is 0 Å². The van der Waals surface area contributed by atoms with Gasteiger partial charge in [-0.25, -0.2) is 0 Å². The van der Waals surface area contributed by atoms with Crippen molar-refractivity contribution in [2.45, 2.75) is 39.3 Å². The van der Waals surface area contributed by atoms with E-state index in [2.05, 4.69) is 21.2 Å². The van der Waals surface area contributed by atoms with Crippen molar-refractivity contribution >= 4 is 15.9 Å². The second-order valence-corrected chi connectivity index (χ2v) is 5.79. The van der Waals surface area contributed by atoms with Gasteiger partial charge in [0.1, 0.15) is 0 Å². The molecule has 4 nitrogen and oxygen atoms in total. The van der Waals surface area contributed by atoms with Crippen molar-refractivity contribution < 1.29 is 14.6 Å². The van der Waals surface area contributed by atoms with E-state index < -0.39 is 0 Å². The fraction of sp³-hybridized carbons (Fsp3) is 0.600. The molecule has 0 heterocycles. The summed E-state index contributed by atoms with van der Waals surface area (Å²) in [6.45, 7) is 5.83. The Hall–Kier alpha value is -0.780.